The Morgan fingerprint density at radius 2 is 1.79 bits per heavy atom. The molecule has 3 rings (SSSR count). The van der Waals surface area contributed by atoms with E-state index in [-0.39, 0.29) is 16.8 Å². The van der Waals surface area contributed by atoms with Gasteiger partial charge in [-0.3, -0.25) is 14.9 Å². The third-order valence-corrected chi connectivity index (χ3v) is 4.04. The third-order valence-electron chi connectivity index (χ3n) is 3.54. The van der Waals surface area contributed by atoms with Crippen LogP contribution in [0.1, 0.15) is 17.3 Å². The SMILES string of the molecule is CC(=O)NC(=O)c1cc2cc(Br)ccc2oc1=Nc1ccc(OC(F)(F)F)cc1. The molecule has 150 valence electrons. The number of imide groups is 1. The average Bonchev–Trinajstić information content (AvgIpc) is 2.61. The van der Waals surface area contributed by atoms with Gasteiger partial charge in [0, 0.05) is 16.8 Å². The number of carbonyl (C=O) groups excluding carboxylic acids is 2. The fourth-order valence-corrected chi connectivity index (χ4v) is 2.79. The molecule has 2 aromatic carbocycles. The second kappa shape index (κ2) is 8.08. The Morgan fingerprint density at radius 1 is 1.10 bits per heavy atom. The molecule has 0 saturated carbocycles. The number of nitrogens with zero attached hydrogens (tertiary/aromatic N) is 1. The van der Waals surface area contributed by atoms with Crippen LogP contribution < -0.4 is 15.6 Å². The maximum absolute atomic E-state index is 12.4. The van der Waals surface area contributed by atoms with Crippen molar-refractivity contribution in [2.24, 2.45) is 4.99 Å². The second-order valence-electron chi connectivity index (χ2n) is 5.81. The quantitative estimate of drug-likeness (QED) is 0.608. The van der Waals surface area contributed by atoms with E-state index in [1.165, 1.54) is 25.1 Å². The highest BCUT2D eigenvalue weighted by molar-refractivity contribution is 9.10. The van der Waals surface area contributed by atoms with Gasteiger partial charge in [-0.1, -0.05) is 15.9 Å². The van der Waals surface area contributed by atoms with Gasteiger partial charge in [0.2, 0.25) is 11.5 Å². The first-order valence-electron chi connectivity index (χ1n) is 8.06. The molecule has 1 N–H and O–H groups in total. The van der Waals surface area contributed by atoms with Crippen LogP contribution in [0, 0.1) is 0 Å². The Kier molecular flexibility index (Phi) is 5.73. The zero-order chi connectivity index (χ0) is 21.2. The fraction of sp³-hybridized carbons (Fsp3) is 0.105. The zero-order valence-electron chi connectivity index (χ0n) is 14.7. The van der Waals surface area contributed by atoms with Crippen molar-refractivity contribution in [3.63, 3.8) is 0 Å². The Labute approximate surface area is 170 Å². The minimum Gasteiger partial charge on any atom is -0.438 e. The highest BCUT2D eigenvalue weighted by Gasteiger charge is 2.30. The first kappa shape index (κ1) is 20.6. The Hall–Kier alpha value is -3.14. The van der Waals surface area contributed by atoms with Crippen LogP contribution in [0.5, 0.6) is 5.75 Å². The molecule has 0 bridgehead atoms. The van der Waals surface area contributed by atoms with Gasteiger partial charge in [0.1, 0.15) is 16.9 Å². The molecule has 0 aliphatic heterocycles. The lowest BCUT2D eigenvalue weighted by atomic mass is 10.1. The van der Waals surface area contributed by atoms with Gasteiger partial charge in [0.25, 0.3) is 5.91 Å². The number of nitrogens with one attached hydrogen (secondary N) is 1. The summed E-state index contributed by atoms with van der Waals surface area (Å²) in [6.07, 6.45) is -4.81. The number of ether oxygens (including phenoxy) is 1. The van der Waals surface area contributed by atoms with Crippen molar-refractivity contribution in [2.75, 3.05) is 0 Å². The number of amides is 2. The summed E-state index contributed by atoms with van der Waals surface area (Å²) in [5.41, 5.74) is 0.518. The summed E-state index contributed by atoms with van der Waals surface area (Å²) in [6.45, 7) is 1.18. The van der Waals surface area contributed by atoms with E-state index in [1.807, 2.05) is 0 Å². The first-order chi connectivity index (χ1) is 13.6. The zero-order valence-corrected chi connectivity index (χ0v) is 16.3. The van der Waals surface area contributed by atoms with Gasteiger partial charge >= 0.3 is 6.36 Å². The molecule has 1 heterocycles. The van der Waals surface area contributed by atoms with Crippen molar-refractivity contribution < 1.29 is 31.9 Å². The van der Waals surface area contributed by atoms with Crippen LogP contribution in [0.15, 0.2) is 62.4 Å². The Morgan fingerprint density at radius 3 is 2.41 bits per heavy atom. The van der Waals surface area contributed by atoms with E-state index >= 15 is 0 Å². The molecule has 0 aliphatic carbocycles. The number of rotatable bonds is 3. The minimum absolute atomic E-state index is 0.0126. The molecule has 0 saturated heterocycles. The van der Waals surface area contributed by atoms with Gasteiger partial charge in [-0.15, -0.1) is 13.2 Å². The van der Waals surface area contributed by atoms with E-state index in [1.54, 1.807) is 18.2 Å². The van der Waals surface area contributed by atoms with E-state index in [0.29, 0.717) is 11.0 Å². The highest BCUT2D eigenvalue weighted by Crippen LogP contribution is 2.25. The monoisotopic (exact) mass is 468 g/mol. The summed E-state index contributed by atoms with van der Waals surface area (Å²) in [7, 11) is 0. The second-order valence-corrected chi connectivity index (χ2v) is 6.73. The van der Waals surface area contributed by atoms with E-state index in [2.05, 4.69) is 31.0 Å². The molecular formula is C19H12BrF3N2O4. The van der Waals surface area contributed by atoms with Crippen LogP contribution in [0.3, 0.4) is 0 Å². The molecule has 0 unspecified atom stereocenters. The first-order valence-corrected chi connectivity index (χ1v) is 8.86. The number of alkyl halides is 3. The number of halogens is 4. The van der Waals surface area contributed by atoms with Crippen LogP contribution in [-0.2, 0) is 4.79 Å². The highest BCUT2D eigenvalue weighted by atomic mass is 79.9. The van der Waals surface area contributed by atoms with Gasteiger partial charge in [0.05, 0.1) is 5.69 Å². The molecule has 0 radical (unpaired) electrons. The van der Waals surface area contributed by atoms with E-state index in [4.69, 9.17) is 4.42 Å². The summed E-state index contributed by atoms with van der Waals surface area (Å²) in [5, 5.41) is 2.73. The predicted octanol–water partition coefficient (Wildman–Crippen LogP) is 4.60. The van der Waals surface area contributed by atoms with Crippen LogP contribution in [-0.4, -0.2) is 18.2 Å². The number of benzene rings is 2. The number of hydrogen-bond acceptors (Lipinski definition) is 5. The Balaban J connectivity index is 2.09. The lowest BCUT2D eigenvalue weighted by Crippen LogP contribution is -2.32. The maximum Gasteiger partial charge on any atom is 0.573 e. The third kappa shape index (κ3) is 5.44. The topological polar surface area (TPSA) is 80.9 Å². The fourth-order valence-electron chi connectivity index (χ4n) is 2.41. The lowest BCUT2D eigenvalue weighted by molar-refractivity contribution is -0.274. The van der Waals surface area contributed by atoms with E-state index in [0.717, 1.165) is 16.6 Å². The van der Waals surface area contributed by atoms with E-state index in [9.17, 15) is 22.8 Å². The van der Waals surface area contributed by atoms with Gasteiger partial charge in [0.15, 0.2) is 0 Å². The summed E-state index contributed by atoms with van der Waals surface area (Å²) in [6, 6.07) is 11.3. The van der Waals surface area contributed by atoms with Crippen molar-refractivity contribution in [3.8, 4) is 5.75 Å². The minimum atomic E-state index is -4.81. The van der Waals surface area contributed by atoms with E-state index < -0.39 is 23.9 Å². The summed E-state index contributed by atoms with van der Waals surface area (Å²) in [4.78, 5) is 27.8. The molecule has 6 nitrogen and oxygen atoms in total. The molecule has 1 aromatic heterocycles. The molecule has 0 fully saturated rings. The molecule has 0 spiro atoms. The van der Waals surface area contributed by atoms with Crippen molar-refractivity contribution in [2.45, 2.75) is 13.3 Å². The predicted molar refractivity (Wildman–Crippen MR) is 100 cm³/mol. The molecular weight excluding hydrogens is 457 g/mol. The molecule has 2 amide bonds. The van der Waals surface area contributed by atoms with Gasteiger partial charge < -0.3 is 9.15 Å². The number of carbonyl (C=O) groups is 2. The van der Waals surface area contributed by atoms with Crippen molar-refractivity contribution in [1.29, 1.82) is 0 Å². The molecule has 0 atom stereocenters. The summed E-state index contributed by atoms with van der Waals surface area (Å²) < 4.78 is 47.1. The van der Waals surface area contributed by atoms with Crippen molar-refractivity contribution in [1.82, 2.24) is 5.32 Å². The maximum atomic E-state index is 12.4. The molecule has 0 aliphatic rings. The molecule has 29 heavy (non-hydrogen) atoms. The number of hydrogen-bond donors (Lipinski definition) is 1. The molecule has 3 aromatic rings. The largest absolute Gasteiger partial charge is 0.573 e. The average molecular weight is 469 g/mol. The molecule has 10 heteroatoms. The van der Waals surface area contributed by atoms with Gasteiger partial charge in [-0.2, -0.15) is 0 Å². The smallest absolute Gasteiger partial charge is 0.438 e. The normalized spacial score (nSPS) is 12.1. The standard InChI is InChI=1S/C19H12BrF3N2O4/c1-10(26)24-17(27)15-9-11-8-12(20)2-7-16(11)28-18(15)25-13-3-5-14(6-4-13)29-19(21,22)23/h2-9H,1H3,(H,24,26,27). The van der Waals surface area contributed by atoms with Gasteiger partial charge in [-0.25, -0.2) is 4.99 Å². The van der Waals surface area contributed by atoms with Crippen LogP contribution >= 0.6 is 15.9 Å². The van der Waals surface area contributed by atoms with Crippen LogP contribution in [0.4, 0.5) is 18.9 Å². The van der Waals surface area contributed by atoms with Gasteiger partial charge in [-0.05, 0) is 48.5 Å². The van der Waals surface area contributed by atoms with Crippen LogP contribution in [0.2, 0.25) is 0 Å². The van der Waals surface area contributed by atoms with Crippen molar-refractivity contribution in [3.05, 3.63) is 64.1 Å². The van der Waals surface area contributed by atoms with Crippen molar-refractivity contribution >= 4 is 44.4 Å². The summed E-state index contributed by atoms with van der Waals surface area (Å²) >= 11 is 3.32. The van der Waals surface area contributed by atoms with Crippen LogP contribution in [0.25, 0.3) is 11.0 Å². The summed E-state index contributed by atoms with van der Waals surface area (Å²) in [5.74, 6) is -1.70. The lowest BCUT2D eigenvalue weighted by Gasteiger charge is -2.08. The number of fused-ring (bicyclic) bond motifs is 1. The Bertz CT molecular complexity index is 1150.